The van der Waals surface area contributed by atoms with E-state index in [4.69, 9.17) is 5.84 Å². The van der Waals surface area contributed by atoms with Crippen molar-refractivity contribution in [2.24, 2.45) is 5.84 Å². The molecule has 0 aliphatic heterocycles. The fraction of sp³-hybridized carbons (Fsp3) is 0.200. The summed E-state index contributed by atoms with van der Waals surface area (Å²) in [4.78, 5) is 0. The summed E-state index contributed by atoms with van der Waals surface area (Å²) < 4.78 is 14.7. The maximum atomic E-state index is 14.0. The van der Waals surface area contributed by atoms with Crippen molar-refractivity contribution in [1.29, 1.82) is 0 Å². The second-order valence-corrected chi connectivity index (χ2v) is 5.18. The average molecular weight is 323 g/mol. The molecule has 1 atom stereocenters. The predicted molar refractivity (Wildman–Crippen MR) is 79.1 cm³/mol. The summed E-state index contributed by atoms with van der Waals surface area (Å²) in [5.74, 6) is 5.33. The number of benzene rings is 2. The second-order valence-electron chi connectivity index (χ2n) is 4.33. The van der Waals surface area contributed by atoms with E-state index in [9.17, 15) is 4.39 Å². The van der Waals surface area contributed by atoms with E-state index in [0.717, 1.165) is 12.0 Å². The minimum atomic E-state index is -0.374. The third-order valence-corrected chi connectivity index (χ3v) is 3.87. The summed E-state index contributed by atoms with van der Waals surface area (Å²) in [6.45, 7) is 2.10. The van der Waals surface area contributed by atoms with Crippen LogP contribution in [0.3, 0.4) is 0 Å². The first-order valence-electron chi connectivity index (χ1n) is 6.16. The van der Waals surface area contributed by atoms with Crippen molar-refractivity contribution < 1.29 is 4.39 Å². The number of hydrogen-bond acceptors (Lipinski definition) is 2. The molecule has 0 fully saturated rings. The van der Waals surface area contributed by atoms with E-state index in [0.29, 0.717) is 10.0 Å². The Bertz CT molecular complexity index is 534. The molecule has 100 valence electrons. The molecular weight excluding hydrogens is 307 g/mol. The number of rotatable bonds is 4. The lowest BCUT2D eigenvalue weighted by molar-refractivity contribution is 0.557. The Labute approximate surface area is 120 Å². The van der Waals surface area contributed by atoms with Crippen LogP contribution in [0.2, 0.25) is 0 Å². The molecule has 2 aromatic carbocycles. The summed E-state index contributed by atoms with van der Waals surface area (Å²) in [6.07, 6.45) is 0.977. The molecule has 1 unspecified atom stereocenters. The van der Waals surface area contributed by atoms with Crippen LogP contribution in [0.15, 0.2) is 46.9 Å². The average Bonchev–Trinajstić information content (AvgIpc) is 2.43. The maximum Gasteiger partial charge on any atom is 0.129 e. The monoisotopic (exact) mass is 322 g/mol. The van der Waals surface area contributed by atoms with Crippen LogP contribution < -0.4 is 11.3 Å². The SMILES string of the molecule is CCc1ccc(C(NN)c2c(F)cccc2Br)cc1. The molecule has 0 spiro atoms. The van der Waals surface area contributed by atoms with Crippen LogP contribution in [0, 0.1) is 5.82 Å². The Morgan fingerprint density at radius 2 is 1.89 bits per heavy atom. The highest BCUT2D eigenvalue weighted by atomic mass is 79.9. The summed E-state index contributed by atoms with van der Waals surface area (Å²) in [5, 5.41) is 0. The first-order chi connectivity index (χ1) is 9.17. The largest absolute Gasteiger partial charge is 0.271 e. The summed E-state index contributed by atoms with van der Waals surface area (Å²) in [7, 11) is 0. The smallest absolute Gasteiger partial charge is 0.129 e. The first-order valence-corrected chi connectivity index (χ1v) is 6.95. The summed E-state index contributed by atoms with van der Waals surface area (Å²) in [5.41, 5.74) is 5.38. The van der Waals surface area contributed by atoms with Crippen LogP contribution in [-0.4, -0.2) is 0 Å². The number of nitrogens with one attached hydrogen (secondary N) is 1. The van der Waals surface area contributed by atoms with Crippen molar-refractivity contribution >= 4 is 15.9 Å². The van der Waals surface area contributed by atoms with Gasteiger partial charge in [-0.2, -0.15) is 0 Å². The Balaban J connectivity index is 2.44. The molecule has 2 aromatic rings. The summed E-state index contributed by atoms with van der Waals surface area (Å²) in [6, 6.07) is 12.6. The number of nitrogens with two attached hydrogens (primary N) is 1. The van der Waals surface area contributed by atoms with E-state index in [1.54, 1.807) is 6.07 Å². The lowest BCUT2D eigenvalue weighted by Gasteiger charge is -2.19. The van der Waals surface area contributed by atoms with Crippen molar-refractivity contribution in [3.8, 4) is 0 Å². The maximum absolute atomic E-state index is 14.0. The Hall–Kier alpha value is -1.23. The van der Waals surface area contributed by atoms with Crippen molar-refractivity contribution in [2.75, 3.05) is 0 Å². The molecule has 0 radical (unpaired) electrons. The first kappa shape index (κ1) is 14.2. The zero-order valence-corrected chi connectivity index (χ0v) is 12.2. The highest BCUT2D eigenvalue weighted by Gasteiger charge is 2.19. The molecule has 2 rings (SSSR count). The van der Waals surface area contributed by atoms with Gasteiger partial charge in [-0.25, -0.2) is 9.82 Å². The van der Waals surface area contributed by atoms with E-state index in [1.165, 1.54) is 11.6 Å². The fourth-order valence-corrected chi connectivity index (χ4v) is 2.65. The van der Waals surface area contributed by atoms with Crippen LogP contribution in [0.1, 0.15) is 29.7 Å². The normalized spacial score (nSPS) is 12.4. The molecule has 19 heavy (non-hydrogen) atoms. The van der Waals surface area contributed by atoms with Crippen LogP contribution in [0.4, 0.5) is 4.39 Å². The molecule has 0 aliphatic rings. The highest BCUT2D eigenvalue weighted by molar-refractivity contribution is 9.10. The van der Waals surface area contributed by atoms with Gasteiger partial charge in [-0.1, -0.05) is 53.2 Å². The Morgan fingerprint density at radius 1 is 1.21 bits per heavy atom. The van der Waals surface area contributed by atoms with Gasteiger partial charge in [-0.3, -0.25) is 5.84 Å². The van der Waals surface area contributed by atoms with Gasteiger partial charge in [0.15, 0.2) is 0 Å². The minimum absolute atomic E-state index is 0.281. The molecule has 0 aromatic heterocycles. The Morgan fingerprint density at radius 3 is 2.42 bits per heavy atom. The van der Waals surface area contributed by atoms with Gasteiger partial charge in [0.05, 0.1) is 6.04 Å². The van der Waals surface area contributed by atoms with E-state index in [2.05, 4.69) is 28.3 Å². The van der Waals surface area contributed by atoms with Crippen molar-refractivity contribution in [3.05, 3.63) is 69.4 Å². The molecule has 4 heteroatoms. The molecule has 3 N–H and O–H groups in total. The van der Waals surface area contributed by atoms with Gasteiger partial charge in [-0.15, -0.1) is 0 Å². The lowest BCUT2D eigenvalue weighted by Crippen LogP contribution is -2.29. The van der Waals surface area contributed by atoms with Crippen molar-refractivity contribution in [2.45, 2.75) is 19.4 Å². The molecule has 2 nitrogen and oxygen atoms in total. The number of hydrogen-bond donors (Lipinski definition) is 2. The van der Waals surface area contributed by atoms with Crippen LogP contribution in [0.25, 0.3) is 0 Å². The molecule has 0 heterocycles. The molecule has 0 saturated carbocycles. The third-order valence-electron chi connectivity index (χ3n) is 3.18. The van der Waals surface area contributed by atoms with Crippen molar-refractivity contribution in [3.63, 3.8) is 0 Å². The standard InChI is InChI=1S/C15H16BrFN2/c1-2-10-6-8-11(9-7-10)15(19-18)14-12(16)4-3-5-13(14)17/h3-9,15,19H,2,18H2,1H3. The van der Waals surface area contributed by atoms with Gasteiger partial charge in [0.1, 0.15) is 5.82 Å². The number of hydrazine groups is 1. The quantitative estimate of drug-likeness (QED) is 0.665. The van der Waals surface area contributed by atoms with E-state index in [-0.39, 0.29) is 11.9 Å². The zero-order chi connectivity index (χ0) is 13.8. The highest BCUT2D eigenvalue weighted by Crippen LogP contribution is 2.30. The minimum Gasteiger partial charge on any atom is -0.271 e. The fourth-order valence-electron chi connectivity index (χ4n) is 2.08. The molecular formula is C15H16BrFN2. The predicted octanol–water partition coefficient (Wildman–Crippen LogP) is 3.70. The third kappa shape index (κ3) is 3.03. The van der Waals surface area contributed by atoms with Crippen molar-refractivity contribution in [1.82, 2.24) is 5.43 Å². The lowest BCUT2D eigenvalue weighted by atomic mass is 9.97. The van der Waals surface area contributed by atoms with E-state index >= 15 is 0 Å². The van der Waals surface area contributed by atoms with Crippen LogP contribution in [0.5, 0.6) is 0 Å². The number of halogens is 2. The topological polar surface area (TPSA) is 38.0 Å². The zero-order valence-electron chi connectivity index (χ0n) is 10.7. The Kier molecular flexibility index (Phi) is 4.69. The molecule has 0 aliphatic carbocycles. The van der Waals surface area contributed by atoms with Gasteiger partial charge in [0.2, 0.25) is 0 Å². The van der Waals surface area contributed by atoms with Crippen LogP contribution >= 0.6 is 15.9 Å². The molecule has 0 saturated heterocycles. The second kappa shape index (κ2) is 6.28. The molecule has 0 amide bonds. The summed E-state index contributed by atoms with van der Waals surface area (Å²) >= 11 is 3.38. The van der Waals surface area contributed by atoms with Gasteiger partial charge >= 0.3 is 0 Å². The van der Waals surface area contributed by atoms with Crippen LogP contribution in [-0.2, 0) is 6.42 Å². The van der Waals surface area contributed by atoms with Gasteiger partial charge in [-0.05, 0) is 29.7 Å². The van der Waals surface area contributed by atoms with E-state index in [1.807, 2.05) is 30.3 Å². The van der Waals surface area contributed by atoms with Gasteiger partial charge < -0.3 is 0 Å². The van der Waals surface area contributed by atoms with Gasteiger partial charge in [0, 0.05) is 10.0 Å². The molecule has 0 bridgehead atoms. The van der Waals surface area contributed by atoms with E-state index < -0.39 is 0 Å². The van der Waals surface area contributed by atoms with Gasteiger partial charge in [0.25, 0.3) is 0 Å². The number of aryl methyl sites for hydroxylation is 1.